The molecule has 0 amide bonds. The molecule has 9 heavy (non-hydrogen) atoms. The average Bonchev–Trinajstić information content (AvgIpc) is 1.84. The van der Waals surface area contributed by atoms with Crippen LogP contribution in [0.5, 0.6) is 0 Å². The molecule has 0 aromatic rings. The first-order valence-corrected chi connectivity index (χ1v) is 3.32. The van der Waals surface area contributed by atoms with Crippen LogP contribution in [0.15, 0.2) is 0 Å². The van der Waals surface area contributed by atoms with Gasteiger partial charge in [0.1, 0.15) is 0 Å². The number of ketones is 2. The fraction of sp³-hybridized carbons (Fsp3) is 0.600. The third-order valence-corrected chi connectivity index (χ3v) is 1.19. The normalized spacial score (nSPS) is 9.78. The Kier molecular flexibility index (Phi) is 3.82. The predicted octanol–water partition coefficient (Wildman–Crippen LogP) is 1.34. The van der Waals surface area contributed by atoms with Crippen molar-refractivity contribution in [2.75, 3.05) is 0 Å². The third-order valence-electron chi connectivity index (χ3n) is 0.794. The molecule has 2 nitrogen and oxygen atoms in total. The molecule has 0 N–H and O–H groups in total. The van der Waals surface area contributed by atoms with E-state index in [1.54, 1.807) is 6.92 Å². The maximum atomic E-state index is 10.5. The van der Waals surface area contributed by atoms with Gasteiger partial charge in [0.05, 0.1) is 0 Å². The minimum absolute atomic E-state index is 0.161. The Morgan fingerprint density at radius 2 is 1.89 bits per heavy atom. The zero-order valence-electron chi connectivity index (χ0n) is 4.86. The van der Waals surface area contributed by atoms with Crippen LogP contribution in [0.2, 0.25) is 0 Å². The van der Waals surface area contributed by atoms with E-state index >= 15 is 0 Å². The number of carbonyl (C=O) groups excluding carboxylic acids is 2. The lowest BCUT2D eigenvalue weighted by Gasteiger charge is -1.94. The van der Waals surface area contributed by atoms with Crippen LogP contribution < -0.4 is 0 Å². The molecule has 0 aliphatic heterocycles. The molecule has 0 spiro atoms. The van der Waals surface area contributed by atoms with Gasteiger partial charge in [-0.15, -0.1) is 0 Å². The molecule has 0 aliphatic rings. The molecule has 0 unspecified atom stereocenters. The minimum atomic E-state index is -1.20. The molecular weight excluding hydrogens is 163 g/mol. The smallest absolute Gasteiger partial charge is 0.231 e. The van der Waals surface area contributed by atoms with Crippen LogP contribution in [0.25, 0.3) is 0 Å². The summed E-state index contributed by atoms with van der Waals surface area (Å²) < 4.78 is 0. The summed E-state index contributed by atoms with van der Waals surface area (Å²) in [5, 5.41) is 0. The summed E-state index contributed by atoms with van der Waals surface area (Å²) in [6.45, 7) is 1.58. The first-order valence-electron chi connectivity index (χ1n) is 2.44. The van der Waals surface area contributed by atoms with E-state index in [4.69, 9.17) is 23.2 Å². The number of hydrogen-bond donors (Lipinski definition) is 0. The van der Waals surface area contributed by atoms with Crippen LogP contribution in [-0.2, 0) is 9.59 Å². The van der Waals surface area contributed by atoms with Crippen molar-refractivity contribution < 1.29 is 9.59 Å². The Balaban J connectivity index is 3.89. The predicted molar refractivity (Wildman–Crippen MR) is 35.8 cm³/mol. The number of halogens is 2. The van der Waals surface area contributed by atoms with E-state index in [-0.39, 0.29) is 6.42 Å². The molecule has 0 bridgehead atoms. The summed E-state index contributed by atoms with van der Waals surface area (Å²) in [5.41, 5.74) is 0. The molecule has 4 heteroatoms. The molecule has 0 heterocycles. The average molecular weight is 169 g/mol. The minimum Gasteiger partial charge on any atom is -0.291 e. The second kappa shape index (κ2) is 3.85. The molecule has 0 aromatic carbocycles. The summed E-state index contributed by atoms with van der Waals surface area (Å²) in [4.78, 5) is 19.7. The highest BCUT2D eigenvalue weighted by Gasteiger charge is 2.18. The van der Waals surface area contributed by atoms with Gasteiger partial charge in [0, 0.05) is 6.42 Å². The molecule has 0 rings (SSSR count). The zero-order chi connectivity index (χ0) is 7.44. The molecular formula is C5H6Cl2O2. The van der Waals surface area contributed by atoms with Gasteiger partial charge in [0.25, 0.3) is 0 Å². The van der Waals surface area contributed by atoms with Crippen molar-refractivity contribution in [3.05, 3.63) is 0 Å². The van der Waals surface area contributed by atoms with Crippen molar-refractivity contribution in [2.24, 2.45) is 0 Å². The SMILES string of the molecule is CCC(=O)C(=O)C(Cl)Cl. The van der Waals surface area contributed by atoms with Crippen molar-refractivity contribution in [3.63, 3.8) is 0 Å². The largest absolute Gasteiger partial charge is 0.291 e. The van der Waals surface area contributed by atoms with Gasteiger partial charge in [-0.2, -0.15) is 0 Å². The van der Waals surface area contributed by atoms with Gasteiger partial charge in [0.15, 0.2) is 4.84 Å². The summed E-state index contributed by atoms with van der Waals surface area (Å²) >= 11 is 10.2. The highest BCUT2D eigenvalue weighted by Crippen LogP contribution is 2.04. The van der Waals surface area contributed by atoms with Crippen LogP contribution in [0.4, 0.5) is 0 Å². The standard InChI is InChI=1S/C5H6Cl2O2/c1-2-3(8)4(9)5(6)7/h5H,2H2,1H3. The molecule has 0 saturated heterocycles. The number of Topliss-reactive ketones (excluding diaryl/α,β-unsaturated/α-hetero) is 2. The van der Waals surface area contributed by atoms with E-state index in [0.29, 0.717) is 0 Å². The summed E-state index contributed by atoms with van der Waals surface area (Å²) in [6, 6.07) is 0. The van der Waals surface area contributed by atoms with Crippen LogP contribution in [-0.4, -0.2) is 16.4 Å². The van der Waals surface area contributed by atoms with Crippen LogP contribution >= 0.6 is 23.2 Å². The first-order chi connectivity index (χ1) is 4.09. The van der Waals surface area contributed by atoms with Gasteiger partial charge in [-0.3, -0.25) is 9.59 Å². The summed E-state index contributed by atoms with van der Waals surface area (Å²) in [6.07, 6.45) is 0.161. The maximum Gasteiger partial charge on any atom is 0.231 e. The van der Waals surface area contributed by atoms with Crippen molar-refractivity contribution in [3.8, 4) is 0 Å². The monoisotopic (exact) mass is 168 g/mol. The van der Waals surface area contributed by atoms with E-state index < -0.39 is 16.4 Å². The first kappa shape index (κ1) is 8.92. The van der Waals surface area contributed by atoms with E-state index in [0.717, 1.165) is 0 Å². The highest BCUT2D eigenvalue weighted by molar-refractivity contribution is 6.63. The molecule has 0 radical (unpaired) electrons. The second-order valence-electron chi connectivity index (χ2n) is 1.44. The van der Waals surface area contributed by atoms with Gasteiger partial charge in [-0.05, 0) is 0 Å². The van der Waals surface area contributed by atoms with Gasteiger partial charge in [-0.1, -0.05) is 30.1 Å². The van der Waals surface area contributed by atoms with Gasteiger partial charge in [-0.25, -0.2) is 0 Å². The van der Waals surface area contributed by atoms with Crippen molar-refractivity contribution in [2.45, 2.75) is 18.2 Å². The van der Waals surface area contributed by atoms with Crippen LogP contribution in [0, 0.1) is 0 Å². The van der Waals surface area contributed by atoms with E-state index in [9.17, 15) is 9.59 Å². The van der Waals surface area contributed by atoms with E-state index in [1.807, 2.05) is 0 Å². The Hall–Kier alpha value is -0.0800. The lowest BCUT2D eigenvalue weighted by Crippen LogP contribution is -2.18. The molecule has 0 aliphatic carbocycles. The lowest BCUT2D eigenvalue weighted by atomic mass is 10.2. The lowest BCUT2D eigenvalue weighted by molar-refractivity contribution is -0.135. The van der Waals surface area contributed by atoms with Crippen molar-refractivity contribution in [1.29, 1.82) is 0 Å². The quantitative estimate of drug-likeness (QED) is 0.471. The van der Waals surface area contributed by atoms with E-state index in [2.05, 4.69) is 0 Å². The molecule has 0 atom stereocenters. The fourth-order valence-electron chi connectivity index (χ4n) is 0.296. The molecule has 0 saturated carbocycles. The maximum absolute atomic E-state index is 10.5. The van der Waals surface area contributed by atoms with Gasteiger partial charge in [0.2, 0.25) is 11.6 Å². The number of hydrogen-bond acceptors (Lipinski definition) is 2. The number of alkyl halides is 2. The van der Waals surface area contributed by atoms with Gasteiger partial charge >= 0.3 is 0 Å². The van der Waals surface area contributed by atoms with Gasteiger partial charge < -0.3 is 0 Å². The highest BCUT2D eigenvalue weighted by atomic mass is 35.5. The van der Waals surface area contributed by atoms with Crippen molar-refractivity contribution in [1.82, 2.24) is 0 Å². The Morgan fingerprint density at radius 1 is 1.44 bits per heavy atom. The second-order valence-corrected chi connectivity index (χ2v) is 2.54. The molecule has 52 valence electrons. The fourth-order valence-corrected chi connectivity index (χ4v) is 0.539. The third kappa shape index (κ3) is 2.82. The molecule has 0 fully saturated rings. The Labute approximate surface area is 63.1 Å². The zero-order valence-corrected chi connectivity index (χ0v) is 6.37. The number of carbonyl (C=O) groups is 2. The topological polar surface area (TPSA) is 34.1 Å². The number of rotatable bonds is 3. The van der Waals surface area contributed by atoms with E-state index in [1.165, 1.54) is 0 Å². The summed E-state index contributed by atoms with van der Waals surface area (Å²) in [5.74, 6) is -1.24. The van der Waals surface area contributed by atoms with Crippen LogP contribution in [0.3, 0.4) is 0 Å². The Morgan fingerprint density at radius 3 is 2.00 bits per heavy atom. The molecule has 0 aromatic heterocycles. The summed E-state index contributed by atoms with van der Waals surface area (Å²) in [7, 11) is 0. The van der Waals surface area contributed by atoms with Crippen LogP contribution in [0.1, 0.15) is 13.3 Å². The van der Waals surface area contributed by atoms with Crippen molar-refractivity contribution >= 4 is 34.8 Å². The Bertz CT molecular complexity index is 131.